The normalized spacial score (nSPS) is 15.1. The summed E-state index contributed by atoms with van der Waals surface area (Å²) in [5, 5.41) is 0.811. The fourth-order valence-electron chi connectivity index (χ4n) is 4.58. The third kappa shape index (κ3) is 4.32. The van der Waals surface area contributed by atoms with Gasteiger partial charge in [-0.25, -0.2) is 14.6 Å². The van der Waals surface area contributed by atoms with E-state index in [1.165, 1.54) is 6.08 Å². The van der Waals surface area contributed by atoms with Gasteiger partial charge in [0.1, 0.15) is 5.57 Å². The van der Waals surface area contributed by atoms with Crippen molar-refractivity contribution in [2.45, 2.75) is 20.8 Å². The second-order valence-electron chi connectivity index (χ2n) is 9.03. The Morgan fingerprint density at radius 3 is 1.95 bits per heavy atom. The molecular formula is C30H23Cl2N3O3. The van der Waals surface area contributed by atoms with Crippen molar-refractivity contribution in [2.24, 2.45) is 0 Å². The number of hydrogen-bond acceptors (Lipinski definition) is 3. The highest BCUT2D eigenvalue weighted by atomic mass is 35.5. The molecule has 0 unspecified atom stereocenters. The molecule has 1 saturated heterocycles. The Labute approximate surface area is 230 Å². The molecule has 6 nitrogen and oxygen atoms in total. The molecule has 5 rings (SSSR count). The van der Waals surface area contributed by atoms with Crippen molar-refractivity contribution in [3.63, 3.8) is 0 Å². The summed E-state index contributed by atoms with van der Waals surface area (Å²) in [7, 11) is 0. The van der Waals surface area contributed by atoms with Crippen molar-refractivity contribution in [3.8, 4) is 5.69 Å². The van der Waals surface area contributed by atoms with Crippen LogP contribution in [0, 0.1) is 20.8 Å². The molecule has 0 saturated carbocycles. The Bertz CT molecular complexity index is 1620. The largest absolute Gasteiger partial charge is 0.343 e. The molecular weight excluding hydrogens is 521 g/mol. The van der Waals surface area contributed by atoms with Crippen LogP contribution in [0.1, 0.15) is 22.5 Å². The maximum atomic E-state index is 13.7. The van der Waals surface area contributed by atoms with E-state index in [0.717, 1.165) is 26.8 Å². The molecule has 0 aliphatic carbocycles. The number of carbonyl (C=O) groups is 3. The number of carbonyl (C=O) groups excluding carboxylic acids is 3. The number of urea groups is 1. The van der Waals surface area contributed by atoms with E-state index in [1.54, 1.807) is 54.6 Å². The number of hydrogen-bond donors (Lipinski definition) is 0. The molecule has 0 spiro atoms. The van der Waals surface area contributed by atoms with Crippen LogP contribution in [0.5, 0.6) is 0 Å². The van der Waals surface area contributed by atoms with Crippen LogP contribution in [-0.4, -0.2) is 22.4 Å². The van der Waals surface area contributed by atoms with Gasteiger partial charge in [-0.3, -0.25) is 9.59 Å². The lowest BCUT2D eigenvalue weighted by molar-refractivity contribution is -0.121. The van der Waals surface area contributed by atoms with Crippen LogP contribution in [0.25, 0.3) is 11.8 Å². The number of benzene rings is 3. The highest BCUT2D eigenvalue weighted by molar-refractivity contribution is 6.46. The smallest absolute Gasteiger partial charge is 0.316 e. The Morgan fingerprint density at radius 1 is 0.711 bits per heavy atom. The lowest BCUT2D eigenvalue weighted by Crippen LogP contribution is -2.57. The van der Waals surface area contributed by atoms with Gasteiger partial charge >= 0.3 is 6.03 Å². The summed E-state index contributed by atoms with van der Waals surface area (Å²) in [5.41, 5.74) is 4.50. The van der Waals surface area contributed by atoms with Gasteiger partial charge in [-0.2, -0.15) is 0 Å². The summed E-state index contributed by atoms with van der Waals surface area (Å²) >= 11 is 12.7. The fourth-order valence-corrected chi connectivity index (χ4v) is 4.96. The summed E-state index contributed by atoms with van der Waals surface area (Å²) in [5.74, 6) is -1.39. The van der Waals surface area contributed by atoms with E-state index >= 15 is 0 Å². The number of barbiturate groups is 1. The minimum Gasteiger partial charge on any atom is -0.316 e. The van der Waals surface area contributed by atoms with E-state index in [2.05, 4.69) is 0 Å². The average Bonchev–Trinajstić information content (AvgIpc) is 3.17. The van der Waals surface area contributed by atoms with Gasteiger partial charge in [-0.1, -0.05) is 65.2 Å². The van der Waals surface area contributed by atoms with Crippen molar-refractivity contribution < 1.29 is 14.4 Å². The minimum absolute atomic E-state index is 0.133. The number of para-hydroxylation sites is 1. The van der Waals surface area contributed by atoms with Gasteiger partial charge in [0.2, 0.25) is 0 Å². The van der Waals surface area contributed by atoms with Crippen LogP contribution in [0.15, 0.2) is 84.4 Å². The van der Waals surface area contributed by atoms with Crippen molar-refractivity contribution >= 4 is 58.5 Å². The molecule has 0 atom stereocenters. The summed E-state index contributed by atoms with van der Waals surface area (Å²) in [4.78, 5) is 43.1. The van der Waals surface area contributed by atoms with Crippen molar-refractivity contribution in [1.82, 2.24) is 4.57 Å². The maximum Gasteiger partial charge on any atom is 0.343 e. The first-order chi connectivity index (χ1) is 18.2. The lowest BCUT2D eigenvalue weighted by atomic mass is 10.0. The van der Waals surface area contributed by atoms with Crippen LogP contribution < -0.4 is 9.80 Å². The zero-order chi connectivity index (χ0) is 27.1. The predicted molar refractivity (Wildman–Crippen MR) is 151 cm³/mol. The molecule has 8 heteroatoms. The number of aromatic nitrogens is 1. The van der Waals surface area contributed by atoms with Crippen LogP contribution in [0.2, 0.25) is 10.0 Å². The second-order valence-corrected chi connectivity index (χ2v) is 9.81. The monoisotopic (exact) mass is 543 g/mol. The zero-order valence-corrected chi connectivity index (χ0v) is 22.4. The van der Waals surface area contributed by atoms with E-state index in [9.17, 15) is 14.4 Å². The number of nitrogens with zero attached hydrogens (tertiary/aromatic N) is 3. The van der Waals surface area contributed by atoms with Crippen molar-refractivity contribution in [3.05, 3.63) is 117 Å². The summed E-state index contributed by atoms with van der Waals surface area (Å²) in [6, 6.07) is 22.0. The summed E-state index contributed by atoms with van der Waals surface area (Å²) < 4.78 is 1.91. The van der Waals surface area contributed by atoms with Crippen molar-refractivity contribution in [1.29, 1.82) is 0 Å². The molecule has 1 aliphatic heterocycles. The van der Waals surface area contributed by atoms with Gasteiger partial charge in [-0.05, 0) is 74.9 Å². The Kier molecular flexibility index (Phi) is 6.69. The number of imide groups is 2. The molecule has 0 N–H and O–H groups in total. The van der Waals surface area contributed by atoms with Gasteiger partial charge in [0.15, 0.2) is 0 Å². The third-order valence-electron chi connectivity index (χ3n) is 6.50. The zero-order valence-electron chi connectivity index (χ0n) is 20.9. The first-order valence-corrected chi connectivity index (χ1v) is 12.6. The minimum atomic E-state index is -0.733. The maximum absolute atomic E-state index is 13.7. The predicted octanol–water partition coefficient (Wildman–Crippen LogP) is 7.29. The number of halogens is 2. The molecule has 190 valence electrons. The van der Waals surface area contributed by atoms with E-state index < -0.39 is 17.8 Å². The molecule has 4 amide bonds. The molecule has 1 aliphatic rings. The van der Waals surface area contributed by atoms with Gasteiger partial charge in [0.05, 0.1) is 27.1 Å². The molecule has 1 fully saturated rings. The summed E-state index contributed by atoms with van der Waals surface area (Å²) in [6.07, 6.45) is 1.53. The molecule has 4 aromatic rings. The van der Waals surface area contributed by atoms with E-state index in [0.29, 0.717) is 32.7 Å². The first kappa shape index (κ1) is 25.5. The quantitative estimate of drug-likeness (QED) is 0.200. The van der Waals surface area contributed by atoms with Gasteiger partial charge in [-0.15, -0.1) is 0 Å². The van der Waals surface area contributed by atoms with Gasteiger partial charge < -0.3 is 4.57 Å². The van der Waals surface area contributed by atoms with Crippen LogP contribution in [0.3, 0.4) is 0 Å². The molecule has 2 heterocycles. The molecule has 1 aromatic heterocycles. The van der Waals surface area contributed by atoms with Crippen LogP contribution >= 0.6 is 23.2 Å². The first-order valence-electron chi connectivity index (χ1n) is 11.9. The Morgan fingerprint density at radius 2 is 1.32 bits per heavy atom. The third-order valence-corrected chi connectivity index (χ3v) is 7.31. The number of amides is 4. The van der Waals surface area contributed by atoms with E-state index in [4.69, 9.17) is 23.2 Å². The van der Waals surface area contributed by atoms with Gasteiger partial charge in [0.25, 0.3) is 11.8 Å². The van der Waals surface area contributed by atoms with Crippen molar-refractivity contribution in [2.75, 3.05) is 9.80 Å². The number of anilines is 2. The summed E-state index contributed by atoms with van der Waals surface area (Å²) in [6.45, 7) is 5.68. The standard InChI is InChI=1S/C30H23Cl2N3O3/c1-18-12-14-23(15-13-18)35-29(37)24(28(36)34(30(35)38)22-8-5-4-6-9-22)17-21-16-19(2)33(20(21)3)26-11-7-10-25(31)27(26)32/h4-17H,1-3H3/b24-17+. The second kappa shape index (κ2) is 9.97. The van der Waals surface area contributed by atoms with Gasteiger partial charge in [0, 0.05) is 11.4 Å². The molecule has 3 aromatic carbocycles. The molecule has 38 heavy (non-hydrogen) atoms. The Balaban J connectivity index is 1.67. The SMILES string of the molecule is Cc1ccc(N2C(=O)/C(=C/c3cc(C)n(-c4cccc(Cl)c4Cl)c3C)C(=O)N(c3ccccc3)C2=O)cc1. The van der Waals surface area contributed by atoms with Crippen LogP contribution in [0.4, 0.5) is 16.2 Å². The number of rotatable bonds is 4. The van der Waals surface area contributed by atoms with Crippen LogP contribution in [-0.2, 0) is 9.59 Å². The van der Waals surface area contributed by atoms with E-state index in [1.807, 2.05) is 49.6 Å². The molecule has 0 bridgehead atoms. The number of aryl methyl sites for hydroxylation is 2. The lowest BCUT2D eigenvalue weighted by Gasteiger charge is -2.34. The molecule has 0 radical (unpaired) electrons. The Hall–Kier alpha value is -4.13. The van der Waals surface area contributed by atoms with E-state index in [-0.39, 0.29) is 5.57 Å². The fraction of sp³-hybridized carbons (Fsp3) is 0.100. The average molecular weight is 544 g/mol. The highest BCUT2D eigenvalue weighted by Gasteiger charge is 2.43. The topological polar surface area (TPSA) is 62.6 Å². The highest BCUT2D eigenvalue weighted by Crippen LogP contribution is 2.34.